The predicted octanol–water partition coefficient (Wildman–Crippen LogP) is 2.43. The van der Waals surface area contributed by atoms with E-state index in [-0.39, 0.29) is 22.7 Å². The van der Waals surface area contributed by atoms with E-state index >= 15 is 0 Å². The molecule has 0 heterocycles. The Hall–Kier alpha value is -2.52. The van der Waals surface area contributed by atoms with Gasteiger partial charge in [0.2, 0.25) is 0 Å². The minimum atomic E-state index is -2.60. The summed E-state index contributed by atoms with van der Waals surface area (Å²) in [5, 5.41) is 2.38. The lowest BCUT2D eigenvalue weighted by atomic mass is 10.1. The SMILES string of the molecule is COc1ccc(C(=O)Nc2ccc(F)c(F)c2)cc1NS(=O)[O-]. The minimum absolute atomic E-state index is 0.0617. The third-order valence-corrected chi connectivity index (χ3v) is 3.22. The van der Waals surface area contributed by atoms with Crippen LogP contribution in [-0.4, -0.2) is 21.8 Å². The van der Waals surface area contributed by atoms with Gasteiger partial charge in [-0.1, -0.05) is 0 Å². The molecule has 122 valence electrons. The lowest BCUT2D eigenvalue weighted by molar-refractivity contribution is 0.102. The molecule has 0 aliphatic heterocycles. The highest BCUT2D eigenvalue weighted by Crippen LogP contribution is 2.26. The number of nitrogens with one attached hydrogen (secondary N) is 2. The maximum Gasteiger partial charge on any atom is 0.255 e. The number of hydrogen-bond donors (Lipinski definition) is 2. The van der Waals surface area contributed by atoms with Gasteiger partial charge in [-0.05, 0) is 30.3 Å². The molecule has 0 bridgehead atoms. The van der Waals surface area contributed by atoms with Crippen LogP contribution in [0.3, 0.4) is 0 Å². The van der Waals surface area contributed by atoms with Crippen molar-refractivity contribution in [2.75, 3.05) is 17.1 Å². The highest BCUT2D eigenvalue weighted by atomic mass is 32.2. The fourth-order valence-electron chi connectivity index (χ4n) is 1.80. The molecular formula is C14H11F2N2O4S-. The van der Waals surface area contributed by atoms with Gasteiger partial charge in [-0.2, -0.15) is 0 Å². The standard InChI is InChI=1S/C14H12F2N2O4S/c1-22-13-5-2-8(6-12(13)18-23(20)21)14(19)17-9-3-4-10(15)11(16)7-9/h2-7,18H,1H3,(H,17,19)(H,20,21)/p-1. The Labute approximate surface area is 132 Å². The van der Waals surface area contributed by atoms with E-state index in [0.29, 0.717) is 0 Å². The minimum Gasteiger partial charge on any atom is -0.755 e. The number of carbonyl (C=O) groups excluding carboxylic acids is 1. The van der Waals surface area contributed by atoms with Crippen LogP contribution in [0, 0.1) is 11.6 Å². The molecule has 0 saturated heterocycles. The predicted molar refractivity (Wildman–Crippen MR) is 79.8 cm³/mol. The van der Waals surface area contributed by atoms with Crippen molar-refractivity contribution in [2.24, 2.45) is 0 Å². The lowest BCUT2D eigenvalue weighted by Gasteiger charge is -2.14. The molecule has 1 atom stereocenters. The molecule has 6 nitrogen and oxygen atoms in total. The van der Waals surface area contributed by atoms with E-state index in [9.17, 15) is 22.3 Å². The van der Waals surface area contributed by atoms with E-state index < -0.39 is 28.8 Å². The molecule has 2 rings (SSSR count). The Kier molecular flexibility index (Phi) is 5.24. The molecule has 0 fully saturated rings. The van der Waals surface area contributed by atoms with E-state index in [1.807, 2.05) is 0 Å². The van der Waals surface area contributed by atoms with Crippen molar-refractivity contribution in [3.8, 4) is 5.75 Å². The summed E-state index contributed by atoms with van der Waals surface area (Å²) >= 11 is -2.60. The van der Waals surface area contributed by atoms with Gasteiger partial charge in [0, 0.05) is 28.6 Å². The number of hydrogen-bond acceptors (Lipinski definition) is 4. The van der Waals surface area contributed by atoms with E-state index in [1.165, 1.54) is 31.4 Å². The first-order valence-corrected chi connectivity index (χ1v) is 7.28. The smallest absolute Gasteiger partial charge is 0.255 e. The van der Waals surface area contributed by atoms with E-state index in [1.54, 1.807) is 0 Å². The van der Waals surface area contributed by atoms with Gasteiger partial charge < -0.3 is 19.3 Å². The highest BCUT2D eigenvalue weighted by Gasteiger charge is 2.12. The second-order valence-electron chi connectivity index (χ2n) is 4.33. The highest BCUT2D eigenvalue weighted by molar-refractivity contribution is 7.80. The van der Waals surface area contributed by atoms with Gasteiger partial charge in [-0.25, -0.2) is 8.78 Å². The monoisotopic (exact) mass is 341 g/mol. The molecule has 9 heteroatoms. The van der Waals surface area contributed by atoms with Gasteiger partial charge in [-0.15, -0.1) is 0 Å². The zero-order valence-corrected chi connectivity index (χ0v) is 12.6. The number of halogens is 2. The Morgan fingerprint density at radius 3 is 2.52 bits per heavy atom. The number of amides is 1. The van der Waals surface area contributed by atoms with Gasteiger partial charge in [0.15, 0.2) is 11.6 Å². The average molecular weight is 341 g/mol. The molecule has 2 aromatic rings. The molecule has 23 heavy (non-hydrogen) atoms. The molecule has 0 radical (unpaired) electrons. The average Bonchev–Trinajstić information content (AvgIpc) is 2.50. The third kappa shape index (κ3) is 4.24. The Bertz CT molecular complexity index is 770. The van der Waals surface area contributed by atoms with Crippen molar-refractivity contribution in [3.05, 3.63) is 53.6 Å². The quantitative estimate of drug-likeness (QED) is 0.817. The van der Waals surface area contributed by atoms with Crippen molar-refractivity contribution < 1.29 is 27.1 Å². The molecule has 0 spiro atoms. The maximum absolute atomic E-state index is 13.1. The third-order valence-electron chi connectivity index (χ3n) is 2.83. The van der Waals surface area contributed by atoms with Crippen LogP contribution in [0.5, 0.6) is 5.75 Å². The van der Waals surface area contributed by atoms with Crippen LogP contribution < -0.4 is 14.8 Å². The second-order valence-corrected chi connectivity index (χ2v) is 5.01. The summed E-state index contributed by atoms with van der Waals surface area (Å²) in [5.41, 5.74) is 0.230. The first-order valence-electron chi connectivity index (χ1n) is 6.21. The Balaban J connectivity index is 2.24. The fraction of sp³-hybridized carbons (Fsp3) is 0.0714. The lowest BCUT2D eigenvalue weighted by Crippen LogP contribution is -2.13. The molecular weight excluding hydrogens is 330 g/mol. The Morgan fingerprint density at radius 1 is 1.17 bits per heavy atom. The molecule has 0 aromatic heterocycles. The summed E-state index contributed by atoms with van der Waals surface area (Å²) in [6.45, 7) is 0. The van der Waals surface area contributed by atoms with Crippen LogP contribution in [0.1, 0.15) is 10.4 Å². The molecule has 2 N–H and O–H groups in total. The first kappa shape index (κ1) is 16.8. The van der Waals surface area contributed by atoms with Gasteiger partial charge in [0.25, 0.3) is 5.91 Å². The fourth-order valence-corrected chi connectivity index (χ4v) is 2.13. The van der Waals surface area contributed by atoms with Crippen LogP contribution in [0.4, 0.5) is 20.2 Å². The van der Waals surface area contributed by atoms with E-state index in [4.69, 9.17) is 4.74 Å². The molecule has 0 saturated carbocycles. The van der Waals surface area contributed by atoms with Gasteiger partial charge >= 0.3 is 0 Å². The molecule has 2 aromatic carbocycles. The Morgan fingerprint density at radius 2 is 1.91 bits per heavy atom. The maximum atomic E-state index is 13.1. The van der Waals surface area contributed by atoms with Crippen molar-refractivity contribution in [3.63, 3.8) is 0 Å². The number of benzene rings is 2. The topological polar surface area (TPSA) is 90.5 Å². The summed E-state index contributed by atoms with van der Waals surface area (Å²) in [6, 6.07) is 6.97. The number of ether oxygens (including phenoxy) is 1. The molecule has 1 amide bonds. The summed E-state index contributed by atoms with van der Waals surface area (Å²) in [5.74, 6) is -2.53. The molecule has 0 aliphatic rings. The van der Waals surface area contributed by atoms with Crippen LogP contribution in [-0.2, 0) is 11.3 Å². The van der Waals surface area contributed by atoms with E-state index in [2.05, 4.69) is 10.0 Å². The van der Waals surface area contributed by atoms with Crippen LogP contribution in [0.25, 0.3) is 0 Å². The van der Waals surface area contributed by atoms with Gasteiger partial charge in [-0.3, -0.25) is 9.00 Å². The number of anilines is 2. The summed E-state index contributed by atoms with van der Waals surface area (Å²) < 4.78 is 54.5. The summed E-state index contributed by atoms with van der Waals surface area (Å²) in [6.07, 6.45) is 0. The molecule has 0 aliphatic carbocycles. The number of methoxy groups -OCH3 is 1. The van der Waals surface area contributed by atoms with Crippen molar-refractivity contribution in [2.45, 2.75) is 0 Å². The molecule has 1 unspecified atom stereocenters. The van der Waals surface area contributed by atoms with E-state index in [0.717, 1.165) is 12.1 Å². The second kappa shape index (κ2) is 7.16. The zero-order valence-electron chi connectivity index (χ0n) is 11.8. The van der Waals surface area contributed by atoms with Crippen molar-refractivity contribution in [1.82, 2.24) is 0 Å². The summed E-state index contributed by atoms with van der Waals surface area (Å²) in [7, 11) is 1.34. The van der Waals surface area contributed by atoms with Crippen molar-refractivity contribution in [1.29, 1.82) is 0 Å². The largest absolute Gasteiger partial charge is 0.755 e. The number of rotatable bonds is 5. The van der Waals surface area contributed by atoms with Gasteiger partial charge in [0.05, 0.1) is 12.8 Å². The number of carbonyl (C=O) groups is 1. The summed E-state index contributed by atoms with van der Waals surface area (Å²) in [4.78, 5) is 12.1. The van der Waals surface area contributed by atoms with Crippen LogP contribution in [0.15, 0.2) is 36.4 Å². The first-order chi connectivity index (χ1) is 10.9. The normalized spacial score (nSPS) is 11.7. The zero-order chi connectivity index (χ0) is 17.0. The van der Waals surface area contributed by atoms with Crippen molar-refractivity contribution >= 4 is 28.5 Å². The van der Waals surface area contributed by atoms with Crippen LogP contribution >= 0.6 is 0 Å². The van der Waals surface area contributed by atoms with Gasteiger partial charge in [0.1, 0.15) is 5.75 Å². The van der Waals surface area contributed by atoms with Crippen LogP contribution in [0.2, 0.25) is 0 Å².